The van der Waals surface area contributed by atoms with E-state index < -0.39 is 5.97 Å². The Morgan fingerprint density at radius 2 is 2.17 bits per heavy atom. The predicted octanol–water partition coefficient (Wildman–Crippen LogP) is 0.474. The summed E-state index contributed by atoms with van der Waals surface area (Å²) in [5.74, 6) is -0.811. The van der Waals surface area contributed by atoms with Crippen LogP contribution in [-0.2, 0) is 18.4 Å². The summed E-state index contributed by atoms with van der Waals surface area (Å²) in [6.07, 6.45) is 3.16. The third-order valence-electron chi connectivity index (χ3n) is 2.30. The van der Waals surface area contributed by atoms with E-state index in [9.17, 15) is 9.59 Å². The van der Waals surface area contributed by atoms with Crippen LogP contribution in [0.4, 0.5) is 4.79 Å². The molecule has 3 N–H and O–H groups in total. The van der Waals surface area contributed by atoms with Crippen molar-refractivity contribution in [1.82, 2.24) is 20.4 Å². The van der Waals surface area contributed by atoms with Crippen LogP contribution in [-0.4, -0.2) is 33.4 Å². The molecular weight excluding hydrogens is 236 g/mol. The Kier molecular flexibility index (Phi) is 5.69. The fourth-order valence-corrected chi connectivity index (χ4v) is 1.39. The molecule has 2 amide bonds. The first-order valence-electron chi connectivity index (χ1n) is 5.80. The maximum atomic E-state index is 11.3. The lowest BCUT2D eigenvalue weighted by atomic mass is 10.2. The molecule has 1 heterocycles. The quantitative estimate of drug-likeness (QED) is 0.616. The summed E-state index contributed by atoms with van der Waals surface area (Å²) < 4.78 is 1.67. The average molecular weight is 254 g/mol. The van der Waals surface area contributed by atoms with Crippen LogP contribution in [0.15, 0.2) is 12.3 Å². The Morgan fingerprint density at radius 3 is 2.78 bits per heavy atom. The summed E-state index contributed by atoms with van der Waals surface area (Å²) in [6, 6.07) is 1.56. The van der Waals surface area contributed by atoms with Gasteiger partial charge in [-0.25, -0.2) is 4.79 Å². The van der Waals surface area contributed by atoms with Crippen molar-refractivity contribution in [3.63, 3.8) is 0 Å². The molecule has 1 aromatic heterocycles. The summed E-state index contributed by atoms with van der Waals surface area (Å²) in [7, 11) is 1.81. The molecule has 0 unspecified atom stereocenters. The molecule has 0 bridgehead atoms. The van der Waals surface area contributed by atoms with Gasteiger partial charge in [0, 0.05) is 26.2 Å². The van der Waals surface area contributed by atoms with Crippen molar-refractivity contribution >= 4 is 12.0 Å². The van der Waals surface area contributed by atoms with Gasteiger partial charge in [0.25, 0.3) is 0 Å². The highest BCUT2D eigenvalue weighted by Crippen LogP contribution is 1.94. The van der Waals surface area contributed by atoms with E-state index >= 15 is 0 Å². The highest BCUT2D eigenvalue weighted by atomic mass is 16.4. The molecule has 0 aliphatic rings. The van der Waals surface area contributed by atoms with E-state index in [1.54, 1.807) is 10.9 Å². The maximum Gasteiger partial charge on any atom is 0.315 e. The van der Waals surface area contributed by atoms with Crippen molar-refractivity contribution in [3.8, 4) is 0 Å². The van der Waals surface area contributed by atoms with Crippen LogP contribution in [0, 0.1) is 0 Å². The van der Waals surface area contributed by atoms with Crippen LogP contribution in [0.5, 0.6) is 0 Å². The lowest BCUT2D eigenvalue weighted by Crippen LogP contribution is -2.35. The fourth-order valence-electron chi connectivity index (χ4n) is 1.39. The molecular formula is C11H18N4O3. The predicted molar refractivity (Wildman–Crippen MR) is 64.9 cm³/mol. The van der Waals surface area contributed by atoms with Crippen molar-refractivity contribution in [2.24, 2.45) is 7.05 Å². The Labute approximate surface area is 105 Å². The molecule has 18 heavy (non-hydrogen) atoms. The van der Waals surface area contributed by atoms with E-state index in [1.165, 1.54) is 0 Å². The van der Waals surface area contributed by atoms with Crippen LogP contribution in [0.25, 0.3) is 0 Å². The van der Waals surface area contributed by atoms with Gasteiger partial charge in [0.15, 0.2) is 0 Å². The number of hydrogen-bond donors (Lipinski definition) is 3. The molecule has 1 aromatic rings. The van der Waals surface area contributed by atoms with E-state index in [1.807, 2.05) is 13.1 Å². The van der Waals surface area contributed by atoms with Gasteiger partial charge in [-0.2, -0.15) is 5.10 Å². The number of hydrogen-bond acceptors (Lipinski definition) is 3. The van der Waals surface area contributed by atoms with Gasteiger partial charge in [-0.3, -0.25) is 9.48 Å². The second kappa shape index (κ2) is 7.31. The molecule has 0 radical (unpaired) electrons. The second-order valence-corrected chi connectivity index (χ2v) is 3.94. The first kappa shape index (κ1) is 14.0. The standard InChI is InChI=1S/C11H18N4O3/c1-15-7-5-9(14-15)8-13-11(18)12-6-3-2-4-10(16)17/h5,7H,2-4,6,8H2,1H3,(H,16,17)(H2,12,13,18). The number of carbonyl (C=O) groups excluding carboxylic acids is 1. The Morgan fingerprint density at radius 1 is 1.39 bits per heavy atom. The van der Waals surface area contributed by atoms with E-state index in [0.29, 0.717) is 25.9 Å². The third-order valence-corrected chi connectivity index (χ3v) is 2.30. The van der Waals surface area contributed by atoms with Gasteiger partial charge >= 0.3 is 12.0 Å². The van der Waals surface area contributed by atoms with Gasteiger partial charge in [0.1, 0.15) is 0 Å². The lowest BCUT2D eigenvalue weighted by Gasteiger charge is -2.05. The van der Waals surface area contributed by atoms with Gasteiger partial charge in [-0.05, 0) is 18.9 Å². The summed E-state index contributed by atoms with van der Waals surface area (Å²) >= 11 is 0. The number of rotatable bonds is 7. The molecule has 0 spiro atoms. The van der Waals surface area contributed by atoms with Gasteiger partial charge < -0.3 is 15.7 Å². The number of aliphatic carboxylic acids is 1. The third kappa shape index (κ3) is 5.88. The van der Waals surface area contributed by atoms with Crippen molar-refractivity contribution in [2.75, 3.05) is 6.54 Å². The largest absolute Gasteiger partial charge is 0.481 e. The average Bonchev–Trinajstić information content (AvgIpc) is 2.71. The number of nitrogens with zero attached hydrogens (tertiary/aromatic N) is 2. The molecule has 0 fully saturated rings. The number of unbranched alkanes of at least 4 members (excludes halogenated alkanes) is 1. The van der Waals surface area contributed by atoms with E-state index in [-0.39, 0.29) is 12.5 Å². The maximum absolute atomic E-state index is 11.3. The van der Waals surface area contributed by atoms with Crippen LogP contribution in [0.3, 0.4) is 0 Å². The monoisotopic (exact) mass is 254 g/mol. The van der Waals surface area contributed by atoms with E-state index in [4.69, 9.17) is 5.11 Å². The molecule has 1 rings (SSSR count). The molecule has 7 nitrogen and oxygen atoms in total. The number of aromatic nitrogens is 2. The van der Waals surface area contributed by atoms with Crippen LogP contribution in [0.1, 0.15) is 25.0 Å². The number of nitrogens with one attached hydrogen (secondary N) is 2. The molecule has 0 saturated heterocycles. The Hall–Kier alpha value is -2.05. The van der Waals surface area contributed by atoms with Crippen LogP contribution in [0.2, 0.25) is 0 Å². The zero-order valence-electron chi connectivity index (χ0n) is 10.3. The van der Waals surface area contributed by atoms with Crippen LogP contribution < -0.4 is 10.6 Å². The second-order valence-electron chi connectivity index (χ2n) is 3.94. The highest BCUT2D eigenvalue weighted by Gasteiger charge is 2.02. The summed E-state index contributed by atoms with van der Waals surface area (Å²) in [4.78, 5) is 21.6. The Bertz CT molecular complexity index is 403. The normalized spacial score (nSPS) is 10.1. The molecule has 100 valence electrons. The zero-order chi connectivity index (χ0) is 13.4. The minimum Gasteiger partial charge on any atom is -0.481 e. The molecule has 0 aliphatic carbocycles. The first-order chi connectivity index (χ1) is 8.58. The van der Waals surface area contributed by atoms with E-state index in [2.05, 4.69) is 15.7 Å². The van der Waals surface area contributed by atoms with Gasteiger partial charge in [-0.1, -0.05) is 0 Å². The van der Waals surface area contributed by atoms with Gasteiger partial charge in [0.2, 0.25) is 0 Å². The van der Waals surface area contributed by atoms with Crippen molar-refractivity contribution in [1.29, 1.82) is 0 Å². The molecule has 0 saturated carbocycles. The minimum absolute atomic E-state index is 0.136. The van der Waals surface area contributed by atoms with Crippen molar-refractivity contribution < 1.29 is 14.7 Å². The zero-order valence-corrected chi connectivity index (χ0v) is 10.3. The number of carboxylic acids is 1. The number of amides is 2. The molecule has 0 aromatic carbocycles. The van der Waals surface area contributed by atoms with Gasteiger partial charge in [-0.15, -0.1) is 0 Å². The summed E-state index contributed by atoms with van der Waals surface area (Å²) in [5.41, 5.74) is 0.790. The lowest BCUT2D eigenvalue weighted by molar-refractivity contribution is -0.137. The first-order valence-corrected chi connectivity index (χ1v) is 5.80. The number of aryl methyl sites for hydroxylation is 1. The molecule has 0 atom stereocenters. The number of carboxylic acid groups (broad SMARTS) is 1. The minimum atomic E-state index is -0.811. The summed E-state index contributed by atoms with van der Waals surface area (Å²) in [5, 5.41) is 17.9. The topological polar surface area (TPSA) is 96.2 Å². The Balaban J connectivity index is 2.05. The molecule has 7 heteroatoms. The smallest absolute Gasteiger partial charge is 0.315 e. The number of carbonyl (C=O) groups is 2. The highest BCUT2D eigenvalue weighted by molar-refractivity contribution is 5.73. The SMILES string of the molecule is Cn1ccc(CNC(=O)NCCCCC(=O)O)n1. The van der Waals surface area contributed by atoms with Crippen molar-refractivity contribution in [2.45, 2.75) is 25.8 Å². The molecule has 0 aliphatic heterocycles. The van der Waals surface area contributed by atoms with Gasteiger partial charge in [0.05, 0.1) is 12.2 Å². The number of urea groups is 1. The summed E-state index contributed by atoms with van der Waals surface area (Å²) in [6.45, 7) is 0.850. The fraction of sp³-hybridized carbons (Fsp3) is 0.545. The van der Waals surface area contributed by atoms with Crippen molar-refractivity contribution in [3.05, 3.63) is 18.0 Å². The van der Waals surface area contributed by atoms with Crippen LogP contribution >= 0.6 is 0 Å². The van der Waals surface area contributed by atoms with E-state index in [0.717, 1.165) is 5.69 Å².